The molecular formula is C12H20N2OS. The number of aryl methyl sites for hydroxylation is 1. The van der Waals surface area contributed by atoms with Gasteiger partial charge in [0.2, 0.25) is 0 Å². The first kappa shape index (κ1) is 12.0. The summed E-state index contributed by atoms with van der Waals surface area (Å²) in [7, 11) is 0. The van der Waals surface area contributed by atoms with Gasteiger partial charge in [-0.05, 0) is 39.5 Å². The van der Waals surface area contributed by atoms with Gasteiger partial charge in [0, 0.05) is 22.7 Å². The number of aromatic nitrogens is 1. The highest BCUT2D eigenvalue weighted by Gasteiger charge is 2.41. The molecule has 1 fully saturated rings. The number of hydrogen-bond donors (Lipinski definition) is 2. The van der Waals surface area contributed by atoms with Gasteiger partial charge < -0.3 is 10.4 Å². The molecule has 1 aromatic rings. The van der Waals surface area contributed by atoms with Crippen molar-refractivity contribution in [3.05, 3.63) is 16.1 Å². The molecule has 2 unspecified atom stereocenters. The van der Waals surface area contributed by atoms with E-state index in [1.165, 1.54) is 17.7 Å². The minimum Gasteiger partial charge on any atom is -0.394 e. The van der Waals surface area contributed by atoms with Crippen LogP contribution >= 0.6 is 11.3 Å². The summed E-state index contributed by atoms with van der Waals surface area (Å²) in [6, 6.07) is 0.268. The molecule has 1 saturated carbocycles. The second-order valence-electron chi connectivity index (χ2n) is 5.00. The van der Waals surface area contributed by atoms with Gasteiger partial charge in [0.1, 0.15) is 0 Å². The highest BCUT2D eigenvalue weighted by molar-refractivity contribution is 7.11. The van der Waals surface area contributed by atoms with Crippen molar-refractivity contribution in [2.45, 2.75) is 45.2 Å². The van der Waals surface area contributed by atoms with E-state index in [2.05, 4.69) is 24.1 Å². The summed E-state index contributed by atoms with van der Waals surface area (Å²) in [6.07, 6.45) is 4.40. The molecule has 0 saturated heterocycles. The zero-order chi connectivity index (χ0) is 11.8. The maximum absolute atomic E-state index is 9.52. The molecule has 2 N–H and O–H groups in total. The molecule has 0 aromatic carbocycles. The van der Waals surface area contributed by atoms with Crippen molar-refractivity contribution >= 4 is 11.3 Å². The predicted octanol–water partition coefficient (Wildman–Crippen LogP) is 2.26. The summed E-state index contributed by atoms with van der Waals surface area (Å²) < 4.78 is 0. The normalized spacial score (nSPS) is 21.8. The molecular weight excluding hydrogens is 220 g/mol. The third-order valence-corrected chi connectivity index (χ3v) is 4.51. The Hall–Kier alpha value is -0.450. The van der Waals surface area contributed by atoms with Crippen molar-refractivity contribution in [1.82, 2.24) is 10.3 Å². The van der Waals surface area contributed by atoms with Gasteiger partial charge in [0.25, 0.3) is 0 Å². The third-order valence-electron chi connectivity index (χ3n) is 3.42. The third kappa shape index (κ3) is 2.44. The first-order valence-electron chi connectivity index (χ1n) is 5.86. The van der Waals surface area contributed by atoms with Crippen molar-refractivity contribution in [3.63, 3.8) is 0 Å². The lowest BCUT2D eigenvalue weighted by Crippen LogP contribution is -2.48. The Morgan fingerprint density at radius 1 is 1.69 bits per heavy atom. The molecule has 1 heterocycles. The first-order chi connectivity index (χ1) is 7.55. The van der Waals surface area contributed by atoms with Crippen LogP contribution in [0.3, 0.4) is 0 Å². The summed E-state index contributed by atoms with van der Waals surface area (Å²) >= 11 is 1.72. The largest absolute Gasteiger partial charge is 0.394 e. The lowest BCUT2D eigenvalue weighted by molar-refractivity contribution is 0.144. The predicted molar refractivity (Wildman–Crippen MR) is 66.6 cm³/mol. The quantitative estimate of drug-likeness (QED) is 0.830. The molecule has 2 rings (SSSR count). The number of rotatable bonds is 5. The molecule has 1 aromatic heterocycles. The van der Waals surface area contributed by atoms with Gasteiger partial charge in [-0.15, -0.1) is 11.3 Å². The molecule has 16 heavy (non-hydrogen) atoms. The van der Waals surface area contributed by atoms with Gasteiger partial charge in [-0.25, -0.2) is 4.98 Å². The van der Waals surface area contributed by atoms with Crippen LogP contribution in [-0.4, -0.2) is 22.2 Å². The molecule has 1 aliphatic carbocycles. The SMILES string of the molecule is Cc1ncc(C(C)NC(C)(CO)C2CC2)s1. The maximum Gasteiger partial charge on any atom is 0.0897 e. The Morgan fingerprint density at radius 3 is 2.81 bits per heavy atom. The Kier molecular flexibility index (Phi) is 3.33. The fraction of sp³-hybridized carbons (Fsp3) is 0.750. The highest BCUT2D eigenvalue weighted by Crippen LogP contribution is 2.40. The van der Waals surface area contributed by atoms with Gasteiger partial charge in [-0.2, -0.15) is 0 Å². The topological polar surface area (TPSA) is 45.2 Å². The highest BCUT2D eigenvalue weighted by atomic mass is 32.1. The number of aliphatic hydroxyl groups is 1. The van der Waals surface area contributed by atoms with Crippen LogP contribution in [0, 0.1) is 12.8 Å². The smallest absolute Gasteiger partial charge is 0.0897 e. The van der Waals surface area contributed by atoms with Crippen LogP contribution in [0.5, 0.6) is 0 Å². The molecule has 0 radical (unpaired) electrons. The average Bonchev–Trinajstić information content (AvgIpc) is 3.02. The number of nitrogens with one attached hydrogen (secondary N) is 1. The zero-order valence-electron chi connectivity index (χ0n) is 10.2. The summed E-state index contributed by atoms with van der Waals surface area (Å²) in [5, 5.41) is 14.2. The number of aliphatic hydroxyl groups excluding tert-OH is 1. The number of hydrogen-bond acceptors (Lipinski definition) is 4. The van der Waals surface area contributed by atoms with Gasteiger partial charge >= 0.3 is 0 Å². The molecule has 90 valence electrons. The van der Waals surface area contributed by atoms with Crippen molar-refractivity contribution < 1.29 is 5.11 Å². The Bertz CT molecular complexity index is 362. The van der Waals surface area contributed by atoms with Gasteiger partial charge in [0.05, 0.1) is 11.6 Å². The van der Waals surface area contributed by atoms with E-state index in [1.807, 2.05) is 13.1 Å². The van der Waals surface area contributed by atoms with Crippen molar-refractivity contribution in [3.8, 4) is 0 Å². The lowest BCUT2D eigenvalue weighted by Gasteiger charge is -2.32. The maximum atomic E-state index is 9.52. The minimum absolute atomic E-state index is 0.128. The van der Waals surface area contributed by atoms with E-state index >= 15 is 0 Å². The van der Waals surface area contributed by atoms with Gasteiger partial charge in [-0.3, -0.25) is 0 Å². The molecule has 0 spiro atoms. The Morgan fingerprint density at radius 2 is 2.38 bits per heavy atom. The molecule has 4 heteroatoms. The van der Waals surface area contributed by atoms with E-state index in [1.54, 1.807) is 11.3 Å². The van der Waals surface area contributed by atoms with Crippen LogP contribution in [0.15, 0.2) is 6.20 Å². The van der Waals surface area contributed by atoms with E-state index < -0.39 is 0 Å². The fourth-order valence-corrected chi connectivity index (χ4v) is 2.94. The Balaban J connectivity index is 2.02. The minimum atomic E-state index is -0.128. The first-order valence-corrected chi connectivity index (χ1v) is 6.67. The summed E-state index contributed by atoms with van der Waals surface area (Å²) in [5.74, 6) is 0.633. The number of thiazole rings is 1. The van der Waals surface area contributed by atoms with Gasteiger partial charge in [0.15, 0.2) is 0 Å². The zero-order valence-corrected chi connectivity index (χ0v) is 11.0. The molecule has 1 aliphatic rings. The standard InChI is InChI=1S/C12H20N2OS/c1-8(11-6-13-9(2)16-11)14-12(3,7-15)10-4-5-10/h6,8,10,14-15H,4-5,7H2,1-3H3. The van der Waals surface area contributed by atoms with Crippen LogP contribution in [0.4, 0.5) is 0 Å². The van der Waals surface area contributed by atoms with Crippen LogP contribution in [0.1, 0.15) is 42.6 Å². The second kappa shape index (κ2) is 4.43. The Labute approximate surface area is 101 Å². The van der Waals surface area contributed by atoms with Crippen LogP contribution < -0.4 is 5.32 Å². The van der Waals surface area contributed by atoms with Crippen LogP contribution in [0.25, 0.3) is 0 Å². The monoisotopic (exact) mass is 240 g/mol. The second-order valence-corrected chi connectivity index (χ2v) is 6.26. The number of nitrogens with zero attached hydrogens (tertiary/aromatic N) is 1. The molecule has 0 amide bonds. The van der Waals surface area contributed by atoms with E-state index in [0.717, 1.165) is 5.01 Å². The van der Waals surface area contributed by atoms with E-state index in [9.17, 15) is 5.11 Å². The van der Waals surface area contributed by atoms with E-state index in [-0.39, 0.29) is 18.2 Å². The van der Waals surface area contributed by atoms with Crippen molar-refractivity contribution in [2.24, 2.45) is 5.92 Å². The average molecular weight is 240 g/mol. The van der Waals surface area contributed by atoms with Crippen molar-refractivity contribution in [1.29, 1.82) is 0 Å². The van der Waals surface area contributed by atoms with Crippen molar-refractivity contribution in [2.75, 3.05) is 6.61 Å². The van der Waals surface area contributed by atoms with E-state index in [4.69, 9.17) is 0 Å². The van der Waals surface area contributed by atoms with Crippen LogP contribution in [-0.2, 0) is 0 Å². The lowest BCUT2D eigenvalue weighted by atomic mass is 9.95. The fourth-order valence-electron chi connectivity index (χ4n) is 2.16. The molecule has 0 bridgehead atoms. The molecule has 2 atom stereocenters. The van der Waals surface area contributed by atoms with E-state index in [0.29, 0.717) is 5.92 Å². The summed E-state index contributed by atoms with van der Waals surface area (Å²) in [5.41, 5.74) is -0.128. The summed E-state index contributed by atoms with van der Waals surface area (Å²) in [6.45, 7) is 6.49. The summed E-state index contributed by atoms with van der Waals surface area (Å²) in [4.78, 5) is 5.52. The molecule has 0 aliphatic heterocycles. The molecule has 3 nitrogen and oxygen atoms in total. The van der Waals surface area contributed by atoms with Gasteiger partial charge in [-0.1, -0.05) is 0 Å². The van der Waals surface area contributed by atoms with Crippen LogP contribution in [0.2, 0.25) is 0 Å².